The van der Waals surface area contributed by atoms with Crippen LogP contribution in [0, 0.1) is 6.92 Å². The highest BCUT2D eigenvalue weighted by molar-refractivity contribution is 7.80. The summed E-state index contributed by atoms with van der Waals surface area (Å²) >= 11 is 6.53. The van der Waals surface area contributed by atoms with Crippen LogP contribution in [0.5, 0.6) is 0 Å². The van der Waals surface area contributed by atoms with E-state index in [9.17, 15) is 0 Å². The molecule has 0 aromatic carbocycles. The van der Waals surface area contributed by atoms with Crippen LogP contribution in [0.3, 0.4) is 0 Å². The molecule has 5 heteroatoms. The van der Waals surface area contributed by atoms with Gasteiger partial charge < -0.3 is 10.6 Å². The molecule has 0 amide bonds. The van der Waals surface area contributed by atoms with E-state index in [1.807, 2.05) is 6.92 Å². The second-order valence-electron chi connectivity index (χ2n) is 3.67. The molecule has 1 aromatic rings. The Labute approximate surface area is 100 Å². The summed E-state index contributed by atoms with van der Waals surface area (Å²) in [6, 6.07) is 0. The van der Waals surface area contributed by atoms with E-state index in [-0.39, 0.29) is 0 Å². The molecule has 1 heterocycles. The number of nitrogens with zero attached hydrogens (tertiary/aromatic N) is 2. The normalized spacial score (nSPS) is 10.9. The Bertz CT molecular complexity index is 322. The minimum absolute atomic E-state index is 0.605. The first kappa shape index (κ1) is 12.5. The maximum absolute atomic E-state index is 5.44. The molecule has 3 nitrogen and oxygen atoms in total. The van der Waals surface area contributed by atoms with Gasteiger partial charge in [-0.15, -0.1) is 11.3 Å². The average molecular weight is 243 g/mol. The summed E-state index contributed by atoms with van der Waals surface area (Å²) in [5, 5.41) is 3.24. The fourth-order valence-electron chi connectivity index (χ4n) is 1.36. The maximum atomic E-state index is 5.44. The van der Waals surface area contributed by atoms with Gasteiger partial charge in [-0.3, -0.25) is 0 Å². The molecule has 1 rings (SSSR count). The van der Waals surface area contributed by atoms with Crippen LogP contribution in [0.2, 0.25) is 0 Å². The summed E-state index contributed by atoms with van der Waals surface area (Å²) in [5.74, 6) is 0. The van der Waals surface area contributed by atoms with Crippen LogP contribution >= 0.6 is 23.6 Å². The van der Waals surface area contributed by atoms with Crippen molar-refractivity contribution in [3.63, 3.8) is 0 Å². The molecule has 0 radical (unpaired) electrons. The van der Waals surface area contributed by atoms with Crippen LogP contribution < -0.4 is 5.73 Å². The quantitative estimate of drug-likeness (QED) is 0.776. The van der Waals surface area contributed by atoms with Crippen LogP contribution in [0.4, 0.5) is 0 Å². The van der Waals surface area contributed by atoms with Gasteiger partial charge >= 0.3 is 0 Å². The van der Waals surface area contributed by atoms with E-state index in [4.69, 9.17) is 18.0 Å². The highest BCUT2D eigenvalue weighted by Crippen LogP contribution is 2.09. The fraction of sp³-hybridized carbons (Fsp3) is 0.600. The Morgan fingerprint density at radius 1 is 1.67 bits per heavy atom. The second kappa shape index (κ2) is 6.15. The smallest absolute Gasteiger partial charge is 0.0897 e. The predicted octanol–water partition coefficient (Wildman–Crippen LogP) is 1.95. The van der Waals surface area contributed by atoms with Crippen LogP contribution in [0.25, 0.3) is 0 Å². The molecule has 0 aliphatic heterocycles. The van der Waals surface area contributed by atoms with Crippen molar-refractivity contribution in [2.75, 3.05) is 13.6 Å². The van der Waals surface area contributed by atoms with Crippen LogP contribution in [0.15, 0.2) is 5.38 Å². The summed E-state index contributed by atoms with van der Waals surface area (Å²) in [6.45, 7) is 3.94. The van der Waals surface area contributed by atoms with Crippen LogP contribution in [-0.2, 0) is 6.54 Å². The van der Waals surface area contributed by atoms with Crippen LogP contribution in [-0.4, -0.2) is 28.5 Å². The van der Waals surface area contributed by atoms with E-state index in [0.29, 0.717) is 4.99 Å². The van der Waals surface area contributed by atoms with Crippen LogP contribution in [0.1, 0.15) is 23.5 Å². The van der Waals surface area contributed by atoms with Gasteiger partial charge in [-0.25, -0.2) is 4.98 Å². The Morgan fingerprint density at radius 3 is 2.93 bits per heavy atom. The van der Waals surface area contributed by atoms with E-state index < -0.39 is 0 Å². The zero-order valence-electron chi connectivity index (χ0n) is 9.19. The van der Waals surface area contributed by atoms with Crippen molar-refractivity contribution in [2.24, 2.45) is 5.73 Å². The van der Waals surface area contributed by atoms with E-state index in [0.717, 1.165) is 36.6 Å². The Morgan fingerprint density at radius 2 is 2.40 bits per heavy atom. The van der Waals surface area contributed by atoms with Gasteiger partial charge in [-0.2, -0.15) is 0 Å². The zero-order valence-corrected chi connectivity index (χ0v) is 10.8. The molecule has 0 saturated heterocycles. The van der Waals surface area contributed by atoms with Gasteiger partial charge in [-0.05, 0) is 33.4 Å². The first-order valence-electron chi connectivity index (χ1n) is 4.96. The highest BCUT2D eigenvalue weighted by atomic mass is 32.1. The molecular weight excluding hydrogens is 226 g/mol. The SMILES string of the molecule is Cc1nc(CN(C)CCCC(N)=S)cs1. The van der Waals surface area contributed by atoms with Crippen molar-refractivity contribution >= 4 is 28.5 Å². The summed E-state index contributed by atoms with van der Waals surface area (Å²) in [6.07, 6.45) is 1.85. The summed E-state index contributed by atoms with van der Waals surface area (Å²) in [7, 11) is 2.09. The number of hydrogen-bond donors (Lipinski definition) is 1. The number of thiocarbonyl (C=S) groups is 1. The molecule has 0 atom stereocenters. The largest absolute Gasteiger partial charge is 0.393 e. The van der Waals surface area contributed by atoms with Gasteiger partial charge in [-0.1, -0.05) is 12.2 Å². The van der Waals surface area contributed by atoms with Gasteiger partial charge in [0.25, 0.3) is 0 Å². The van der Waals surface area contributed by atoms with E-state index in [1.54, 1.807) is 11.3 Å². The lowest BCUT2D eigenvalue weighted by Gasteiger charge is -2.14. The minimum Gasteiger partial charge on any atom is -0.393 e. The van der Waals surface area contributed by atoms with Gasteiger partial charge in [0.1, 0.15) is 0 Å². The van der Waals surface area contributed by atoms with Gasteiger partial charge in [0.2, 0.25) is 0 Å². The molecule has 0 aliphatic rings. The monoisotopic (exact) mass is 243 g/mol. The fourth-order valence-corrected chi connectivity index (χ4v) is 2.11. The topological polar surface area (TPSA) is 42.2 Å². The number of aromatic nitrogens is 1. The third kappa shape index (κ3) is 5.20. The Kier molecular flexibility index (Phi) is 5.14. The lowest BCUT2D eigenvalue weighted by molar-refractivity contribution is 0.321. The summed E-state index contributed by atoms with van der Waals surface area (Å²) in [4.78, 5) is 7.27. The molecular formula is C10H17N3S2. The number of thiazole rings is 1. The van der Waals surface area contributed by atoms with Gasteiger partial charge in [0, 0.05) is 11.9 Å². The molecule has 15 heavy (non-hydrogen) atoms. The number of aryl methyl sites for hydroxylation is 1. The number of nitrogens with two attached hydrogens (primary N) is 1. The first-order chi connectivity index (χ1) is 7.08. The average Bonchev–Trinajstić information content (AvgIpc) is 2.50. The van der Waals surface area contributed by atoms with E-state index in [1.165, 1.54) is 0 Å². The molecule has 1 aromatic heterocycles. The van der Waals surface area contributed by atoms with E-state index in [2.05, 4.69) is 22.3 Å². The summed E-state index contributed by atoms with van der Waals surface area (Å²) in [5.41, 5.74) is 6.59. The lowest BCUT2D eigenvalue weighted by atomic mass is 10.3. The first-order valence-corrected chi connectivity index (χ1v) is 6.24. The molecule has 0 unspecified atom stereocenters. The van der Waals surface area contributed by atoms with Crippen molar-refractivity contribution in [3.05, 3.63) is 16.1 Å². The van der Waals surface area contributed by atoms with Gasteiger partial charge in [0.15, 0.2) is 0 Å². The van der Waals surface area contributed by atoms with Gasteiger partial charge in [0.05, 0.1) is 15.7 Å². The minimum atomic E-state index is 0.605. The number of hydrogen-bond acceptors (Lipinski definition) is 4. The molecule has 0 fully saturated rings. The molecule has 0 spiro atoms. The van der Waals surface area contributed by atoms with Crippen molar-refractivity contribution < 1.29 is 0 Å². The van der Waals surface area contributed by atoms with Crippen molar-refractivity contribution in [2.45, 2.75) is 26.3 Å². The molecule has 0 aliphatic carbocycles. The third-order valence-corrected chi connectivity index (χ3v) is 3.09. The molecule has 84 valence electrons. The predicted molar refractivity (Wildman–Crippen MR) is 69.2 cm³/mol. The second-order valence-corrected chi connectivity index (χ2v) is 5.25. The number of rotatable bonds is 6. The standard InChI is InChI=1S/C10H17N3S2/c1-8-12-9(7-15-8)6-13(2)5-3-4-10(11)14/h7H,3-6H2,1-2H3,(H2,11,14). The molecule has 2 N–H and O–H groups in total. The van der Waals surface area contributed by atoms with Crippen molar-refractivity contribution in [3.8, 4) is 0 Å². The molecule has 0 saturated carbocycles. The molecule has 0 bridgehead atoms. The Hall–Kier alpha value is -0.520. The zero-order chi connectivity index (χ0) is 11.3. The van der Waals surface area contributed by atoms with E-state index >= 15 is 0 Å². The third-order valence-electron chi connectivity index (χ3n) is 2.06. The van der Waals surface area contributed by atoms with Crippen molar-refractivity contribution in [1.82, 2.24) is 9.88 Å². The Balaban J connectivity index is 2.24. The maximum Gasteiger partial charge on any atom is 0.0897 e. The highest BCUT2D eigenvalue weighted by Gasteiger charge is 2.03. The van der Waals surface area contributed by atoms with Crippen molar-refractivity contribution in [1.29, 1.82) is 0 Å². The lowest BCUT2D eigenvalue weighted by Crippen LogP contribution is -2.20. The summed E-state index contributed by atoms with van der Waals surface area (Å²) < 4.78 is 0.